The van der Waals surface area contributed by atoms with Crippen LogP contribution in [0.5, 0.6) is 0 Å². The van der Waals surface area contributed by atoms with Crippen molar-refractivity contribution in [1.29, 1.82) is 0 Å². The van der Waals surface area contributed by atoms with Crippen LogP contribution in [-0.4, -0.2) is 29.5 Å². The van der Waals surface area contributed by atoms with Crippen LogP contribution in [0.1, 0.15) is 24.8 Å². The maximum absolute atomic E-state index is 13.7. The number of carboxylic acids is 1. The smallest absolute Gasteiger partial charge is 0.341 e. The van der Waals surface area contributed by atoms with E-state index in [2.05, 4.69) is 0 Å². The van der Waals surface area contributed by atoms with E-state index in [1.807, 2.05) is 30.3 Å². The Morgan fingerprint density at radius 2 is 2.06 bits per heavy atom. The number of carboxylic acid groups (broad SMARTS) is 1. The molecular weight excluding hydrogens is 235 g/mol. The van der Waals surface area contributed by atoms with Gasteiger partial charge in [0.2, 0.25) is 5.60 Å². The Kier molecular flexibility index (Phi) is 3.97. The number of rotatable bonds is 7. The lowest BCUT2D eigenvalue weighted by molar-refractivity contribution is -0.146. The van der Waals surface area contributed by atoms with Gasteiger partial charge < -0.3 is 9.84 Å². The molecule has 1 aromatic rings. The van der Waals surface area contributed by atoms with Gasteiger partial charge in [-0.25, -0.2) is 9.18 Å². The summed E-state index contributed by atoms with van der Waals surface area (Å²) in [5.41, 5.74) is -0.309. The summed E-state index contributed by atoms with van der Waals surface area (Å²) >= 11 is 0. The van der Waals surface area contributed by atoms with E-state index in [1.54, 1.807) is 0 Å². The molecule has 2 atom stereocenters. The average molecular weight is 252 g/mol. The Morgan fingerprint density at radius 1 is 1.39 bits per heavy atom. The molecule has 2 unspecified atom stereocenters. The van der Waals surface area contributed by atoms with Crippen molar-refractivity contribution in [3.63, 3.8) is 0 Å². The molecule has 1 saturated heterocycles. The maximum Gasteiger partial charge on any atom is 0.341 e. The van der Waals surface area contributed by atoms with Gasteiger partial charge in [0.25, 0.3) is 0 Å². The summed E-state index contributed by atoms with van der Waals surface area (Å²) in [4.78, 5) is 10.8. The quantitative estimate of drug-likeness (QED) is 0.599. The van der Waals surface area contributed by atoms with Gasteiger partial charge in [-0.15, -0.1) is 0 Å². The van der Waals surface area contributed by atoms with E-state index >= 15 is 0 Å². The molecule has 0 aliphatic carbocycles. The first-order valence-electron chi connectivity index (χ1n) is 6.20. The largest absolute Gasteiger partial charge is 0.479 e. The van der Waals surface area contributed by atoms with Crippen LogP contribution in [-0.2, 0) is 16.0 Å². The van der Waals surface area contributed by atoms with Crippen molar-refractivity contribution in [2.75, 3.05) is 6.61 Å². The number of alkyl halides is 1. The molecule has 1 aliphatic heterocycles. The number of hydrogen-bond donors (Lipinski definition) is 1. The van der Waals surface area contributed by atoms with Crippen LogP contribution in [0.2, 0.25) is 0 Å². The van der Waals surface area contributed by atoms with Crippen LogP contribution in [0.4, 0.5) is 4.39 Å². The lowest BCUT2D eigenvalue weighted by Crippen LogP contribution is -2.35. The fourth-order valence-electron chi connectivity index (χ4n) is 2.05. The van der Waals surface area contributed by atoms with Gasteiger partial charge in [0.05, 0.1) is 6.61 Å². The minimum atomic E-state index is -1.53. The highest BCUT2D eigenvalue weighted by Gasteiger charge is 2.59. The molecule has 1 aromatic carbocycles. The summed E-state index contributed by atoms with van der Waals surface area (Å²) in [7, 11) is 0. The molecule has 1 heterocycles. The number of epoxide rings is 1. The first-order valence-corrected chi connectivity index (χ1v) is 6.20. The van der Waals surface area contributed by atoms with E-state index < -0.39 is 17.7 Å². The molecule has 1 N–H and O–H groups in total. The highest BCUT2D eigenvalue weighted by atomic mass is 19.1. The molecule has 3 nitrogen and oxygen atoms in total. The fourth-order valence-corrected chi connectivity index (χ4v) is 2.05. The second-order valence-electron chi connectivity index (χ2n) is 4.68. The summed E-state index contributed by atoms with van der Waals surface area (Å²) in [6, 6.07) is 9.99. The number of unbranched alkanes of at least 4 members (excludes halogenated alkanes) is 1. The summed E-state index contributed by atoms with van der Waals surface area (Å²) in [5, 5.41) is 8.84. The van der Waals surface area contributed by atoms with Crippen LogP contribution >= 0.6 is 0 Å². The molecule has 0 aromatic heterocycles. The van der Waals surface area contributed by atoms with Crippen molar-refractivity contribution in [2.45, 2.75) is 37.5 Å². The van der Waals surface area contributed by atoms with Crippen molar-refractivity contribution in [3.05, 3.63) is 35.9 Å². The molecule has 2 rings (SSSR count). The normalized spacial score (nSPS) is 23.6. The van der Waals surface area contributed by atoms with Crippen LogP contribution < -0.4 is 0 Å². The number of halogens is 1. The van der Waals surface area contributed by atoms with Gasteiger partial charge in [-0.1, -0.05) is 36.8 Å². The van der Waals surface area contributed by atoms with Crippen molar-refractivity contribution >= 4 is 5.97 Å². The summed E-state index contributed by atoms with van der Waals surface area (Å²) in [5.74, 6) is -1.18. The number of aryl methyl sites for hydroxylation is 1. The van der Waals surface area contributed by atoms with E-state index in [4.69, 9.17) is 9.84 Å². The fraction of sp³-hybridized carbons (Fsp3) is 0.500. The third-order valence-corrected chi connectivity index (χ3v) is 3.34. The minimum Gasteiger partial charge on any atom is -0.479 e. The predicted molar refractivity (Wildman–Crippen MR) is 65.2 cm³/mol. The number of hydrogen-bond acceptors (Lipinski definition) is 2. The second kappa shape index (κ2) is 5.48. The van der Waals surface area contributed by atoms with Gasteiger partial charge in [-0.2, -0.15) is 0 Å². The Balaban J connectivity index is 1.69. The van der Waals surface area contributed by atoms with Crippen LogP contribution in [0.15, 0.2) is 30.3 Å². The Hall–Kier alpha value is -1.42. The molecular formula is C14H17FO3. The third-order valence-electron chi connectivity index (χ3n) is 3.34. The zero-order chi connectivity index (χ0) is 13.0. The van der Waals surface area contributed by atoms with Gasteiger partial charge in [-0.3, -0.25) is 0 Å². The SMILES string of the molecule is O=C(O)C1(C(F)CCCCc2ccccc2)CO1. The average Bonchev–Trinajstić information content (AvgIpc) is 3.17. The van der Waals surface area contributed by atoms with E-state index in [-0.39, 0.29) is 13.0 Å². The monoisotopic (exact) mass is 252 g/mol. The van der Waals surface area contributed by atoms with Gasteiger partial charge >= 0.3 is 5.97 Å². The standard InChI is InChI=1S/C14H17FO3/c15-12(14(10-18-14)13(16)17)9-5-4-8-11-6-2-1-3-7-11/h1-3,6-7,12H,4-5,8-10H2,(H,16,17). The van der Waals surface area contributed by atoms with Crippen LogP contribution in [0.3, 0.4) is 0 Å². The molecule has 0 bridgehead atoms. The molecule has 1 fully saturated rings. The minimum absolute atomic E-state index is 0.00217. The van der Waals surface area contributed by atoms with Crippen molar-refractivity contribution in [1.82, 2.24) is 0 Å². The molecule has 0 spiro atoms. The van der Waals surface area contributed by atoms with Crippen LogP contribution in [0, 0.1) is 0 Å². The first-order chi connectivity index (χ1) is 8.65. The molecule has 0 amide bonds. The van der Waals surface area contributed by atoms with Gasteiger partial charge in [0.15, 0.2) is 0 Å². The molecule has 98 valence electrons. The number of carbonyl (C=O) groups is 1. The van der Waals surface area contributed by atoms with E-state index in [9.17, 15) is 9.18 Å². The van der Waals surface area contributed by atoms with E-state index in [0.717, 1.165) is 12.8 Å². The topological polar surface area (TPSA) is 49.8 Å². The van der Waals surface area contributed by atoms with Gasteiger partial charge in [0.1, 0.15) is 6.17 Å². The van der Waals surface area contributed by atoms with Crippen LogP contribution in [0.25, 0.3) is 0 Å². The zero-order valence-electron chi connectivity index (χ0n) is 10.1. The number of aliphatic carboxylic acids is 1. The highest BCUT2D eigenvalue weighted by Crippen LogP contribution is 2.35. The number of ether oxygens (including phenoxy) is 1. The molecule has 0 saturated carbocycles. The summed E-state index contributed by atoms with van der Waals surface area (Å²) in [6.07, 6.45) is 1.29. The molecule has 18 heavy (non-hydrogen) atoms. The van der Waals surface area contributed by atoms with E-state index in [0.29, 0.717) is 6.42 Å². The lowest BCUT2D eigenvalue weighted by Gasteiger charge is -2.12. The van der Waals surface area contributed by atoms with Crippen molar-refractivity contribution < 1.29 is 19.0 Å². The summed E-state index contributed by atoms with van der Waals surface area (Å²) < 4.78 is 18.5. The first kappa shape index (κ1) is 13.0. The van der Waals surface area contributed by atoms with Crippen molar-refractivity contribution in [3.8, 4) is 0 Å². The highest BCUT2D eigenvalue weighted by molar-refractivity contribution is 5.81. The molecule has 1 aliphatic rings. The molecule has 4 heteroatoms. The van der Waals surface area contributed by atoms with Gasteiger partial charge in [-0.05, 0) is 24.8 Å². The Bertz CT molecular complexity index is 401. The zero-order valence-corrected chi connectivity index (χ0v) is 10.1. The third kappa shape index (κ3) is 2.88. The summed E-state index contributed by atoms with van der Waals surface area (Å²) in [6.45, 7) is 0.00217. The van der Waals surface area contributed by atoms with Gasteiger partial charge in [0, 0.05) is 0 Å². The van der Waals surface area contributed by atoms with E-state index in [1.165, 1.54) is 5.56 Å². The maximum atomic E-state index is 13.7. The predicted octanol–water partition coefficient (Wildman–Crippen LogP) is 2.59. The Morgan fingerprint density at radius 3 is 2.61 bits per heavy atom. The number of benzene rings is 1. The second-order valence-corrected chi connectivity index (χ2v) is 4.68. The Labute approximate surface area is 106 Å². The molecule has 0 radical (unpaired) electrons. The lowest BCUT2D eigenvalue weighted by atomic mass is 9.98. The van der Waals surface area contributed by atoms with Crippen molar-refractivity contribution in [2.24, 2.45) is 0 Å².